The number of terminal acetylenes is 1. The fourth-order valence-corrected chi connectivity index (χ4v) is 1.36. The van der Waals surface area contributed by atoms with Crippen LogP contribution in [0.15, 0.2) is 30.3 Å². The maximum absolute atomic E-state index is 13.0. The maximum atomic E-state index is 13.0. The normalized spacial score (nSPS) is 14.5. The summed E-state index contributed by atoms with van der Waals surface area (Å²) in [6.07, 6.45) is 0.0468. The van der Waals surface area contributed by atoms with E-state index in [4.69, 9.17) is 6.42 Å². The first kappa shape index (κ1) is 13.1. The molecule has 0 bridgehead atoms. The average molecular weight is 242 g/mol. The van der Waals surface area contributed by atoms with Gasteiger partial charge >= 0.3 is 12.1 Å². The summed E-state index contributed by atoms with van der Waals surface area (Å²) in [5, 5.41) is 0. The molecule has 0 saturated heterocycles. The van der Waals surface area contributed by atoms with Crippen LogP contribution in [-0.2, 0) is 15.1 Å². The molecule has 0 N–H and O–H groups in total. The Bertz CT molecular complexity index is 445. The van der Waals surface area contributed by atoms with E-state index < -0.39 is 17.7 Å². The molecule has 0 aliphatic carbocycles. The second-order valence-electron chi connectivity index (χ2n) is 3.28. The van der Waals surface area contributed by atoms with Crippen molar-refractivity contribution in [2.45, 2.75) is 18.7 Å². The van der Waals surface area contributed by atoms with Crippen molar-refractivity contribution in [2.24, 2.45) is 0 Å². The van der Waals surface area contributed by atoms with Gasteiger partial charge in [0.05, 0.1) is 0 Å². The molecule has 1 aromatic carbocycles. The lowest BCUT2D eigenvalue weighted by Crippen LogP contribution is -2.44. The van der Waals surface area contributed by atoms with Crippen LogP contribution in [0.3, 0.4) is 0 Å². The topological polar surface area (TPSA) is 26.3 Å². The van der Waals surface area contributed by atoms with Crippen molar-refractivity contribution >= 4 is 5.97 Å². The molecule has 17 heavy (non-hydrogen) atoms. The number of halogens is 3. The Labute approximate surface area is 96.4 Å². The third-order valence-electron chi connectivity index (χ3n) is 2.08. The van der Waals surface area contributed by atoms with Crippen molar-refractivity contribution in [1.82, 2.24) is 0 Å². The molecule has 0 fully saturated rings. The summed E-state index contributed by atoms with van der Waals surface area (Å²) in [5.74, 6) is 0.442. The zero-order chi connectivity index (χ0) is 13.1. The molecule has 0 spiro atoms. The zero-order valence-corrected chi connectivity index (χ0v) is 8.91. The number of alkyl halides is 3. The van der Waals surface area contributed by atoms with Crippen LogP contribution < -0.4 is 0 Å². The highest BCUT2D eigenvalue weighted by Gasteiger charge is 2.58. The lowest BCUT2D eigenvalue weighted by atomic mass is 9.93. The van der Waals surface area contributed by atoms with Crippen molar-refractivity contribution in [3.05, 3.63) is 35.9 Å². The Morgan fingerprint density at radius 1 is 1.29 bits per heavy atom. The van der Waals surface area contributed by atoms with E-state index in [9.17, 15) is 18.0 Å². The van der Waals surface area contributed by atoms with Crippen molar-refractivity contribution in [2.75, 3.05) is 0 Å². The summed E-state index contributed by atoms with van der Waals surface area (Å²) in [4.78, 5) is 10.8. The van der Waals surface area contributed by atoms with Crippen molar-refractivity contribution in [3.63, 3.8) is 0 Å². The van der Waals surface area contributed by atoms with E-state index in [1.54, 1.807) is 0 Å². The molecule has 0 radical (unpaired) electrons. The molecule has 0 aliphatic rings. The van der Waals surface area contributed by atoms with Gasteiger partial charge in [-0.2, -0.15) is 13.2 Å². The number of rotatable bonds is 2. The van der Waals surface area contributed by atoms with E-state index in [0.29, 0.717) is 0 Å². The first-order valence-corrected chi connectivity index (χ1v) is 4.63. The minimum absolute atomic E-state index is 0.301. The fraction of sp³-hybridized carbons (Fsp3) is 0.250. The summed E-state index contributed by atoms with van der Waals surface area (Å²) in [6, 6.07) is 6.63. The molecule has 1 atom stereocenters. The SMILES string of the molecule is C#C[C@@](OC(C)=O)(c1ccccc1)C(F)(F)F. The Morgan fingerprint density at radius 3 is 2.18 bits per heavy atom. The molecule has 0 heterocycles. The Hall–Kier alpha value is -1.96. The number of benzene rings is 1. The highest BCUT2D eigenvalue weighted by atomic mass is 19.4. The van der Waals surface area contributed by atoms with E-state index in [-0.39, 0.29) is 5.56 Å². The van der Waals surface area contributed by atoms with Gasteiger partial charge in [-0.1, -0.05) is 30.3 Å². The van der Waals surface area contributed by atoms with Crippen LogP contribution >= 0.6 is 0 Å². The van der Waals surface area contributed by atoms with Crippen LogP contribution in [0.2, 0.25) is 0 Å². The highest BCUT2D eigenvalue weighted by Crippen LogP contribution is 2.41. The quantitative estimate of drug-likeness (QED) is 0.588. The minimum atomic E-state index is -4.88. The first-order valence-electron chi connectivity index (χ1n) is 4.63. The Balaban J connectivity index is 3.38. The van der Waals surface area contributed by atoms with E-state index in [1.165, 1.54) is 24.1 Å². The number of carbonyl (C=O) groups is 1. The number of esters is 1. The van der Waals surface area contributed by atoms with Gasteiger partial charge in [0, 0.05) is 12.5 Å². The van der Waals surface area contributed by atoms with Crippen molar-refractivity contribution in [1.29, 1.82) is 0 Å². The van der Waals surface area contributed by atoms with Gasteiger partial charge in [-0.25, -0.2) is 0 Å². The van der Waals surface area contributed by atoms with Crippen LogP contribution in [0.5, 0.6) is 0 Å². The molecule has 0 saturated carbocycles. The summed E-state index contributed by atoms with van der Waals surface area (Å²) >= 11 is 0. The molecule has 2 nitrogen and oxygen atoms in total. The largest absolute Gasteiger partial charge is 0.445 e. The van der Waals surface area contributed by atoms with E-state index in [0.717, 1.165) is 19.1 Å². The predicted octanol–water partition coefficient (Wildman–Crippen LogP) is 2.64. The summed E-state index contributed by atoms with van der Waals surface area (Å²) in [6.45, 7) is 0.876. The van der Waals surface area contributed by atoms with Gasteiger partial charge in [0.2, 0.25) is 0 Å². The minimum Gasteiger partial charge on any atom is -0.432 e. The standard InChI is InChI=1S/C12H9F3O2/c1-3-11(12(13,14)15,17-9(2)16)10-7-5-4-6-8-10/h1,4-8H,2H3/t11-/m1/s1. The molecule has 5 heteroatoms. The average Bonchev–Trinajstić information content (AvgIpc) is 2.25. The molecule has 0 unspecified atom stereocenters. The van der Waals surface area contributed by atoms with Crippen molar-refractivity contribution in [3.8, 4) is 12.3 Å². The molecular weight excluding hydrogens is 233 g/mol. The molecule has 1 aromatic rings. The molecule has 1 rings (SSSR count). The summed E-state index contributed by atoms with van der Waals surface area (Å²) < 4.78 is 43.3. The first-order chi connectivity index (χ1) is 7.83. The fourth-order valence-electron chi connectivity index (χ4n) is 1.36. The number of hydrogen-bond donors (Lipinski definition) is 0. The smallest absolute Gasteiger partial charge is 0.432 e. The predicted molar refractivity (Wildman–Crippen MR) is 54.8 cm³/mol. The van der Waals surface area contributed by atoms with Crippen LogP contribution in [0.4, 0.5) is 13.2 Å². The van der Waals surface area contributed by atoms with Crippen LogP contribution in [0.1, 0.15) is 12.5 Å². The number of carbonyl (C=O) groups excluding carboxylic acids is 1. The maximum Gasteiger partial charge on any atom is 0.445 e. The second kappa shape index (κ2) is 4.50. The van der Waals surface area contributed by atoms with E-state index >= 15 is 0 Å². The monoisotopic (exact) mass is 242 g/mol. The Morgan fingerprint density at radius 2 is 1.82 bits per heavy atom. The lowest BCUT2D eigenvalue weighted by Gasteiger charge is -2.30. The van der Waals surface area contributed by atoms with Gasteiger partial charge in [0.1, 0.15) is 0 Å². The van der Waals surface area contributed by atoms with Gasteiger partial charge in [-0.15, -0.1) is 6.42 Å². The summed E-state index contributed by atoms with van der Waals surface area (Å²) in [5.41, 5.74) is -3.33. The molecular formula is C12H9F3O2. The third kappa shape index (κ3) is 2.41. The second-order valence-corrected chi connectivity index (χ2v) is 3.28. The highest BCUT2D eigenvalue weighted by molar-refractivity contribution is 5.67. The van der Waals surface area contributed by atoms with Gasteiger partial charge in [-0.3, -0.25) is 4.79 Å². The van der Waals surface area contributed by atoms with Crippen LogP contribution in [0.25, 0.3) is 0 Å². The number of ether oxygens (including phenoxy) is 1. The molecule has 90 valence electrons. The molecule has 0 amide bonds. The molecule has 0 aliphatic heterocycles. The van der Waals surface area contributed by atoms with Crippen LogP contribution in [-0.4, -0.2) is 12.1 Å². The molecule has 0 aromatic heterocycles. The third-order valence-corrected chi connectivity index (χ3v) is 2.08. The van der Waals surface area contributed by atoms with Gasteiger partial charge in [0.15, 0.2) is 0 Å². The van der Waals surface area contributed by atoms with Gasteiger partial charge < -0.3 is 4.74 Å². The van der Waals surface area contributed by atoms with Crippen molar-refractivity contribution < 1.29 is 22.7 Å². The number of hydrogen-bond acceptors (Lipinski definition) is 2. The van der Waals surface area contributed by atoms with Gasteiger partial charge in [-0.05, 0) is 5.92 Å². The Kier molecular flexibility index (Phi) is 3.47. The van der Waals surface area contributed by atoms with E-state index in [2.05, 4.69) is 4.74 Å². The lowest BCUT2D eigenvalue weighted by molar-refractivity contribution is -0.252. The summed E-state index contributed by atoms with van der Waals surface area (Å²) in [7, 11) is 0. The van der Waals surface area contributed by atoms with Gasteiger partial charge in [0.25, 0.3) is 5.60 Å². The van der Waals surface area contributed by atoms with E-state index in [1.807, 2.05) is 0 Å². The zero-order valence-electron chi connectivity index (χ0n) is 8.91. The van der Waals surface area contributed by atoms with Crippen LogP contribution in [0, 0.1) is 12.3 Å².